The van der Waals surface area contributed by atoms with E-state index in [0.717, 1.165) is 31.4 Å². The minimum atomic E-state index is -1.61. The Morgan fingerprint density at radius 2 is 2.15 bits per heavy atom. The van der Waals surface area contributed by atoms with Crippen LogP contribution in [0.25, 0.3) is 22.2 Å². The Hall–Kier alpha value is -1.44. The van der Waals surface area contributed by atoms with Crippen LogP contribution < -0.4 is 0 Å². The largest absolute Gasteiger partial charge is 0.361 e. The van der Waals surface area contributed by atoms with E-state index in [9.17, 15) is 4.39 Å². The summed E-state index contributed by atoms with van der Waals surface area (Å²) in [5.41, 5.74) is 2.85. The Balaban J connectivity index is 1.80. The molecule has 0 aliphatic heterocycles. The third-order valence-electron chi connectivity index (χ3n) is 5.27. The van der Waals surface area contributed by atoms with Crippen molar-refractivity contribution in [3.8, 4) is 11.1 Å². The van der Waals surface area contributed by atoms with Gasteiger partial charge in [-0.1, -0.05) is 5.16 Å². The van der Waals surface area contributed by atoms with Gasteiger partial charge in [0.2, 0.25) is 0 Å². The summed E-state index contributed by atoms with van der Waals surface area (Å²) in [6, 6.07) is 1.96. The Labute approximate surface area is 169 Å². The second kappa shape index (κ2) is 6.62. The number of alkyl halides is 1. The molecule has 0 radical (unpaired) electrons. The van der Waals surface area contributed by atoms with Gasteiger partial charge in [-0.2, -0.15) is 0 Å². The van der Waals surface area contributed by atoms with E-state index in [4.69, 9.17) is 7.26 Å². The van der Waals surface area contributed by atoms with Crippen LogP contribution >= 0.6 is 22.6 Å². The van der Waals surface area contributed by atoms with Gasteiger partial charge in [-0.25, -0.2) is 4.39 Å². The minimum absolute atomic E-state index is 0.231. The van der Waals surface area contributed by atoms with Crippen LogP contribution in [0.3, 0.4) is 0 Å². The zero-order valence-corrected chi connectivity index (χ0v) is 17.3. The van der Waals surface area contributed by atoms with Gasteiger partial charge in [0.05, 0.1) is 17.5 Å². The predicted molar refractivity (Wildman–Crippen MR) is 109 cm³/mol. The van der Waals surface area contributed by atoms with E-state index in [-0.39, 0.29) is 5.92 Å². The first kappa shape index (κ1) is 15.6. The van der Waals surface area contributed by atoms with Crippen LogP contribution in [0.2, 0.25) is 0 Å². The van der Waals surface area contributed by atoms with E-state index >= 15 is 0 Å². The molecule has 26 heavy (non-hydrogen) atoms. The summed E-state index contributed by atoms with van der Waals surface area (Å²) < 4.78 is 39.8. The number of nitrogens with zero attached hydrogens (tertiary/aromatic N) is 3. The molecular formula is C20H23FIN3O. The molecule has 1 aliphatic carbocycles. The van der Waals surface area contributed by atoms with E-state index in [1.807, 2.05) is 26.1 Å². The molecule has 4 nitrogen and oxygen atoms in total. The van der Waals surface area contributed by atoms with Crippen molar-refractivity contribution in [3.63, 3.8) is 0 Å². The fourth-order valence-electron chi connectivity index (χ4n) is 3.75. The molecule has 0 spiro atoms. The SMILES string of the molecule is [2H]C([2H])(C1CCC(C)(F)CC1)n1cc(I)c2ncc(-c3c(C)noc3C)cc21. The van der Waals surface area contributed by atoms with Gasteiger partial charge in [-0.15, -0.1) is 0 Å². The van der Waals surface area contributed by atoms with E-state index in [1.165, 1.54) is 0 Å². The smallest absolute Gasteiger partial charge is 0.141 e. The fourth-order valence-corrected chi connectivity index (χ4v) is 4.44. The lowest BCUT2D eigenvalue weighted by atomic mass is 9.81. The lowest BCUT2D eigenvalue weighted by Gasteiger charge is -2.31. The van der Waals surface area contributed by atoms with Gasteiger partial charge < -0.3 is 9.09 Å². The Morgan fingerprint density at radius 1 is 1.42 bits per heavy atom. The molecule has 1 fully saturated rings. The Bertz CT molecular complexity index is 1010. The molecule has 3 heterocycles. The first-order valence-electron chi connectivity index (χ1n) is 9.89. The summed E-state index contributed by atoms with van der Waals surface area (Å²) in [7, 11) is 0. The van der Waals surface area contributed by atoms with E-state index in [1.54, 1.807) is 17.7 Å². The lowest BCUT2D eigenvalue weighted by Crippen LogP contribution is -2.27. The van der Waals surface area contributed by atoms with Crippen molar-refractivity contribution < 1.29 is 11.7 Å². The fraction of sp³-hybridized carbons (Fsp3) is 0.500. The maximum absolute atomic E-state index is 14.2. The average molecular weight is 469 g/mol. The molecule has 0 amide bonds. The maximum atomic E-state index is 14.2. The zero-order valence-electron chi connectivity index (χ0n) is 17.1. The highest BCUT2D eigenvalue weighted by molar-refractivity contribution is 14.1. The highest BCUT2D eigenvalue weighted by Gasteiger charge is 2.31. The maximum Gasteiger partial charge on any atom is 0.141 e. The molecular weight excluding hydrogens is 444 g/mol. The molecule has 1 saturated carbocycles. The van der Waals surface area contributed by atoms with Gasteiger partial charge >= 0.3 is 0 Å². The van der Waals surface area contributed by atoms with Crippen molar-refractivity contribution >= 4 is 33.6 Å². The second-order valence-electron chi connectivity index (χ2n) is 7.45. The zero-order chi connectivity index (χ0) is 20.3. The molecule has 0 atom stereocenters. The van der Waals surface area contributed by atoms with E-state index in [2.05, 4.69) is 32.7 Å². The second-order valence-corrected chi connectivity index (χ2v) is 8.62. The highest BCUT2D eigenvalue weighted by atomic mass is 127. The molecule has 0 bridgehead atoms. The van der Waals surface area contributed by atoms with Crippen LogP contribution in [0.1, 0.15) is 46.8 Å². The molecule has 1 aliphatic rings. The molecule has 3 aromatic heterocycles. The summed E-state index contributed by atoms with van der Waals surface area (Å²) in [5, 5.41) is 4.02. The van der Waals surface area contributed by atoms with Crippen LogP contribution in [-0.2, 0) is 6.50 Å². The topological polar surface area (TPSA) is 43.9 Å². The monoisotopic (exact) mass is 469 g/mol. The summed E-state index contributed by atoms with van der Waals surface area (Å²) >= 11 is 2.19. The third-order valence-corrected chi connectivity index (χ3v) is 6.06. The molecule has 0 unspecified atom stereocenters. The standard InChI is InChI=1S/C20H23FIN3O/c1-12-18(13(2)26-24-12)15-8-17-19(23-9-15)16(22)11-25(17)10-14-4-6-20(3,21)7-5-14/h8-9,11,14H,4-7,10H2,1-3H3/i10D2. The predicted octanol–water partition coefficient (Wildman–Crippen LogP) is 5.83. The van der Waals surface area contributed by atoms with Gasteiger partial charge in [-0.3, -0.25) is 4.98 Å². The van der Waals surface area contributed by atoms with Crippen molar-refractivity contribution in [1.29, 1.82) is 0 Å². The van der Waals surface area contributed by atoms with E-state index in [0.29, 0.717) is 31.4 Å². The number of aryl methyl sites for hydroxylation is 2. The van der Waals surface area contributed by atoms with Crippen molar-refractivity contribution in [2.75, 3.05) is 0 Å². The van der Waals surface area contributed by atoms with Crippen LogP contribution in [-0.4, -0.2) is 20.4 Å². The Kier molecular flexibility index (Phi) is 3.97. The highest BCUT2D eigenvalue weighted by Crippen LogP contribution is 2.36. The van der Waals surface area contributed by atoms with Crippen LogP contribution in [0.15, 0.2) is 23.0 Å². The third kappa shape index (κ3) is 3.28. The van der Waals surface area contributed by atoms with Crippen LogP contribution in [0, 0.1) is 23.3 Å². The van der Waals surface area contributed by atoms with E-state index < -0.39 is 12.2 Å². The van der Waals surface area contributed by atoms with Crippen molar-refractivity contribution in [2.24, 2.45) is 5.92 Å². The van der Waals surface area contributed by atoms with Crippen molar-refractivity contribution in [1.82, 2.24) is 14.7 Å². The number of halogens is 2. The number of pyridine rings is 1. The first-order valence-corrected chi connectivity index (χ1v) is 9.97. The molecule has 0 aromatic carbocycles. The summed E-state index contributed by atoms with van der Waals surface area (Å²) in [6.07, 6.45) is 5.47. The quantitative estimate of drug-likeness (QED) is 0.454. The van der Waals surface area contributed by atoms with Crippen molar-refractivity contribution in [3.05, 3.63) is 33.5 Å². The molecule has 4 rings (SSSR count). The van der Waals surface area contributed by atoms with Crippen molar-refractivity contribution in [2.45, 2.75) is 58.6 Å². The number of aromatic nitrogens is 3. The molecule has 3 aromatic rings. The first-order chi connectivity index (χ1) is 13.1. The molecule has 0 saturated heterocycles. The summed E-state index contributed by atoms with van der Waals surface area (Å²) in [4.78, 5) is 4.60. The van der Waals surface area contributed by atoms with Crippen LogP contribution in [0.4, 0.5) is 4.39 Å². The normalized spacial score (nSPS) is 25.3. The minimum Gasteiger partial charge on any atom is -0.361 e. The lowest BCUT2D eigenvalue weighted by molar-refractivity contribution is 0.0984. The molecule has 138 valence electrons. The molecule has 0 N–H and O–H groups in total. The van der Waals surface area contributed by atoms with Gasteiger partial charge in [0.15, 0.2) is 0 Å². The number of hydrogen-bond donors (Lipinski definition) is 0. The average Bonchev–Trinajstić information content (AvgIpc) is 3.14. The summed E-state index contributed by atoms with van der Waals surface area (Å²) in [6.45, 7) is 3.75. The van der Waals surface area contributed by atoms with Gasteiger partial charge in [-0.05, 0) is 81.0 Å². The number of rotatable bonds is 3. The number of fused-ring (bicyclic) bond motifs is 1. The summed E-state index contributed by atoms with van der Waals surface area (Å²) in [5.74, 6) is 0.481. The number of hydrogen-bond acceptors (Lipinski definition) is 3. The molecule has 6 heteroatoms. The van der Waals surface area contributed by atoms with Crippen LogP contribution in [0.5, 0.6) is 0 Å². The van der Waals surface area contributed by atoms with Gasteiger partial charge in [0, 0.05) is 30.0 Å². The van der Waals surface area contributed by atoms with Gasteiger partial charge in [0.25, 0.3) is 0 Å². The van der Waals surface area contributed by atoms with Gasteiger partial charge in [0.1, 0.15) is 16.9 Å². The Morgan fingerprint density at radius 3 is 2.81 bits per heavy atom.